The van der Waals surface area contributed by atoms with Crippen LogP contribution < -0.4 is 10.2 Å². The van der Waals surface area contributed by atoms with Crippen molar-refractivity contribution in [2.24, 2.45) is 4.99 Å². The molecule has 0 atom stereocenters. The minimum Gasteiger partial charge on any atom is -0.506 e. The Hall–Kier alpha value is -2.40. The number of hydrogen-bond acceptors (Lipinski definition) is 3. The van der Waals surface area contributed by atoms with Crippen molar-refractivity contribution in [2.75, 3.05) is 44.7 Å². The SMILES string of the molecule is CN=C(NCCc1ccc(Cl)cc1)N1CCN(c2ccccc2O)CC1. The van der Waals surface area contributed by atoms with E-state index in [2.05, 4.69) is 32.2 Å². The van der Waals surface area contributed by atoms with E-state index >= 15 is 0 Å². The van der Waals surface area contributed by atoms with E-state index in [9.17, 15) is 5.11 Å². The molecule has 2 aromatic rings. The van der Waals surface area contributed by atoms with Crippen molar-refractivity contribution in [1.82, 2.24) is 10.2 Å². The largest absolute Gasteiger partial charge is 0.506 e. The average Bonchev–Trinajstić information content (AvgIpc) is 2.67. The van der Waals surface area contributed by atoms with Crippen LogP contribution in [0, 0.1) is 0 Å². The van der Waals surface area contributed by atoms with Crippen LogP contribution in [0.2, 0.25) is 5.02 Å². The van der Waals surface area contributed by atoms with E-state index in [1.807, 2.05) is 37.4 Å². The molecule has 1 saturated heterocycles. The number of para-hydroxylation sites is 2. The maximum absolute atomic E-state index is 10.0. The fourth-order valence-corrected chi connectivity index (χ4v) is 3.32. The van der Waals surface area contributed by atoms with Crippen LogP contribution in [0.1, 0.15) is 5.56 Å². The van der Waals surface area contributed by atoms with Crippen molar-refractivity contribution in [2.45, 2.75) is 6.42 Å². The van der Waals surface area contributed by atoms with Crippen LogP contribution in [0.15, 0.2) is 53.5 Å². The number of nitrogens with one attached hydrogen (secondary N) is 1. The molecule has 1 aliphatic heterocycles. The highest BCUT2D eigenvalue weighted by atomic mass is 35.5. The first-order chi connectivity index (χ1) is 12.7. The molecule has 5 nitrogen and oxygen atoms in total. The normalized spacial score (nSPS) is 15.2. The summed E-state index contributed by atoms with van der Waals surface area (Å²) in [5, 5.41) is 14.2. The predicted octanol–water partition coefficient (Wildman–Crippen LogP) is 2.99. The Morgan fingerprint density at radius 2 is 1.77 bits per heavy atom. The molecule has 2 aromatic carbocycles. The van der Waals surface area contributed by atoms with E-state index < -0.39 is 0 Å². The average molecular weight is 373 g/mol. The summed E-state index contributed by atoms with van der Waals surface area (Å²) < 4.78 is 0. The standard InChI is InChI=1S/C20H25ClN4O/c1-22-20(23-11-10-16-6-8-17(21)9-7-16)25-14-12-24(13-15-25)18-4-2-3-5-19(18)26/h2-9,26H,10-15H2,1H3,(H,22,23). The summed E-state index contributed by atoms with van der Waals surface area (Å²) in [6, 6.07) is 15.5. The third kappa shape index (κ3) is 4.61. The number of rotatable bonds is 4. The molecule has 0 bridgehead atoms. The van der Waals surface area contributed by atoms with Gasteiger partial charge < -0.3 is 20.2 Å². The van der Waals surface area contributed by atoms with E-state index in [1.54, 1.807) is 6.07 Å². The Bertz CT molecular complexity index is 740. The second-order valence-corrected chi connectivity index (χ2v) is 6.75. The zero-order valence-corrected chi connectivity index (χ0v) is 15.8. The van der Waals surface area contributed by atoms with Gasteiger partial charge in [0.25, 0.3) is 0 Å². The molecule has 0 saturated carbocycles. The van der Waals surface area contributed by atoms with Crippen molar-refractivity contribution < 1.29 is 5.11 Å². The molecule has 3 rings (SSSR count). The Labute approximate surface area is 159 Å². The fourth-order valence-electron chi connectivity index (χ4n) is 3.19. The van der Waals surface area contributed by atoms with Crippen LogP contribution in [-0.4, -0.2) is 55.7 Å². The Kier molecular flexibility index (Phi) is 6.23. The molecule has 0 aromatic heterocycles. The highest BCUT2D eigenvalue weighted by molar-refractivity contribution is 6.30. The summed E-state index contributed by atoms with van der Waals surface area (Å²) in [7, 11) is 1.82. The van der Waals surface area contributed by atoms with Crippen LogP contribution in [0.4, 0.5) is 5.69 Å². The quantitative estimate of drug-likeness (QED) is 0.640. The molecular formula is C20H25ClN4O. The van der Waals surface area contributed by atoms with E-state index in [4.69, 9.17) is 11.6 Å². The summed E-state index contributed by atoms with van der Waals surface area (Å²) >= 11 is 5.92. The van der Waals surface area contributed by atoms with Crippen molar-refractivity contribution in [3.05, 3.63) is 59.1 Å². The van der Waals surface area contributed by atoms with Gasteiger partial charge in [-0.15, -0.1) is 0 Å². The maximum Gasteiger partial charge on any atom is 0.193 e. The molecule has 0 amide bonds. The van der Waals surface area contributed by atoms with Gasteiger partial charge in [0, 0.05) is 44.8 Å². The van der Waals surface area contributed by atoms with Crippen LogP contribution in [0.3, 0.4) is 0 Å². The molecule has 0 aliphatic carbocycles. The fraction of sp³-hybridized carbons (Fsp3) is 0.350. The molecule has 0 radical (unpaired) electrons. The number of anilines is 1. The smallest absolute Gasteiger partial charge is 0.193 e. The minimum atomic E-state index is 0.339. The van der Waals surface area contributed by atoms with Gasteiger partial charge in [0.15, 0.2) is 5.96 Å². The first-order valence-electron chi connectivity index (χ1n) is 8.90. The monoisotopic (exact) mass is 372 g/mol. The van der Waals surface area contributed by atoms with Gasteiger partial charge in [-0.2, -0.15) is 0 Å². The molecule has 2 N–H and O–H groups in total. The molecule has 26 heavy (non-hydrogen) atoms. The Balaban J connectivity index is 1.49. The lowest BCUT2D eigenvalue weighted by Gasteiger charge is -2.37. The number of hydrogen-bond donors (Lipinski definition) is 2. The summed E-state index contributed by atoms with van der Waals surface area (Å²) in [5.74, 6) is 1.27. The van der Waals surface area contributed by atoms with Gasteiger partial charge in [0.05, 0.1) is 5.69 Å². The molecule has 138 valence electrons. The van der Waals surface area contributed by atoms with Crippen LogP contribution in [0.25, 0.3) is 0 Å². The number of guanidine groups is 1. The molecule has 1 fully saturated rings. The zero-order valence-electron chi connectivity index (χ0n) is 15.0. The minimum absolute atomic E-state index is 0.339. The topological polar surface area (TPSA) is 51.1 Å². The first-order valence-corrected chi connectivity index (χ1v) is 9.28. The number of phenols is 1. The summed E-state index contributed by atoms with van der Waals surface area (Å²) in [6.07, 6.45) is 0.925. The van der Waals surface area contributed by atoms with Crippen LogP contribution in [0.5, 0.6) is 5.75 Å². The van der Waals surface area contributed by atoms with Gasteiger partial charge in [-0.3, -0.25) is 4.99 Å². The number of aliphatic imine (C=N–C) groups is 1. The second kappa shape index (κ2) is 8.81. The number of halogens is 1. The third-order valence-electron chi connectivity index (χ3n) is 4.62. The third-order valence-corrected chi connectivity index (χ3v) is 4.88. The van der Waals surface area contributed by atoms with Crippen molar-refractivity contribution in [3.8, 4) is 5.75 Å². The molecule has 1 aliphatic rings. The second-order valence-electron chi connectivity index (χ2n) is 6.31. The van der Waals surface area contributed by atoms with Gasteiger partial charge in [-0.05, 0) is 36.2 Å². The lowest BCUT2D eigenvalue weighted by atomic mass is 10.1. The molecule has 6 heteroatoms. The molecule has 0 spiro atoms. The number of phenolic OH excluding ortho intramolecular Hbond substituents is 1. The first kappa shape index (κ1) is 18.4. The van der Waals surface area contributed by atoms with E-state index in [-0.39, 0.29) is 0 Å². The molecule has 1 heterocycles. The highest BCUT2D eigenvalue weighted by Gasteiger charge is 2.21. The number of benzene rings is 2. The van der Waals surface area contributed by atoms with Crippen LogP contribution in [-0.2, 0) is 6.42 Å². The van der Waals surface area contributed by atoms with E-state index in [1.165, 1.54) is 5.56 Å². The molecule has 0 unspecified atom stereocenters. The lowest BCUT2D eigenvalue weighted by Crippen LogP contribution is -2.52. The molecular weight excluding hydrogens is 348 g/mol. The summed E-state index contributed by atoms with van der Waals surface area (Å²) in [4.78, 5) is 8.89. The van der Waals surface area contributed by atoms with E-state index in [0.29, 0.717) is 5.75 Å². The Morgan fingerprint density at radius 3 is 2.42 bits per heavy atom. The van der Waals surface area contributed by atoms with Gasteiger partial charge in [-0.1, -0.05) is 35.9 Å². The number of aromatic hydroxyl groups is 1. The van der Waals surface area contributed by atoms with Crippen molar-refractivity contribution >= 4 is 23.2 Å². The Morgan fingerprint density at radius 1 is 1.08 bits per heavy atom. The summed E-state index contributed by atoms with van der Waals surface area (Å²) in [5.41, 5.74) is 2.15. The maximum atomic E-state index is 10.0. The number of piperazine rings is 1. The number of nitrogens with zero attached hydrogens (tertiary/aromatic N) is 3. The van der Waals surface area contributed by atoms with Gasteiger partial charge in [0.1, 0.15) is 5.75 Å². The van der Waals surface area contributed by atoms with Gasteiger partial charge in [-0.25, -0.2) is 0 Å². The lowest BCUT2D eigenvalue weighted by molar-refractivity contribution is 0.370. The highest BCUT2D eigenvalue weighted by Crippen LogP contribution is 2.27. The zero-order chi connectivity index (χ0) is 18.4. The van der Waals surface area contributed by atoms with Crippen LogP contribution >= 0.6 is 11.6 Å². The van der Waals surface area contributed by atoms with Crippen molar-refractivity contribution in [1.29, 1.82) is 0 Å². The predicted molar refractivity (Wildman–Crippen MR) is 108 cm³/mol. The van der Waals surface area contributed by atoms with Crippen molar-refractivity contribution in [3.63, 3.8) is 0 Å². The van der Waals surface area contributed by atoms with Gasteiger partial charge in [0.2, 0.25) is 0 Å². The summed E-state index contributed by atoms with van der Waals surface area (Å²) in [6.45, 7) is 4.28. The van der Waals surface area contributed by atoms with Gasteiger partial charge >= 0.3 is 0 Å². The van der Waals surface area contributed by atoms with E-state index in [0.717, 1.165) is 55.8 Å².